The third-order valence-corrected chi connectivity index (χ3v) is 6.44. The summed E-state index contributed by atoms with van der Waals surface area (Å²) in [6.45, 7) is 12.3. The van der Waals surface area contributed by atoms with Gasteiger partial charge in [0.05, 0.1) is 6.04 Å². The first-order valence-corrected chi connectivity index (χ1v) is 10.7. The van der Waals surface area contributed by atoms with E-state index in [-0.39, 0.29) is 35.7 Å². The van der Waals surface area contributed by atoms with E-state index >= 15 is 0 Å². The lowest BCUT2D eigenvalue weighted by Crippen LogP contribution is -2.56. The molecule has 1 aliphatic heterocycles. The maximum Gasteiger partial charge on any atom is 0.239 e. The molecule has 6 N–H and O–H groups in total. The molecule has 0 aromatic rings. The first-order valence-electron chi connectivity index (χ1n) is 10.3. The van der Waals surface area contributed by atoms with Crippen LogP contribution >= 0.6 is 11.6 Å². The summed E-state index contributed by atoms with van der Waals surface area (Å²) in [5.41, 5.74) is 1.69. The fraction of sp³-hybridized carbons (Fsp3) is 0.864. The number of nitrogens with zero attached hydrogens (tertiary/aromatic N) is 1. The van der Waals surface area contributed by atoms with Gasteiger partial charge in [0.2, 0.25) is 5.91 Å². The Kier molecular flexibility index (Phi) is 14.3. The van der Waals surface area contributed by atoms with Gasteiger partial charge in [-0.1, -0.05) is 46.8 Å². The number of carbonyl (C=O) groups is 1. The Morgan fingerprint density at radius 1 is 1.28 bits per heavy atom. The number of carbonyl (C=O) groups excluding carboxylic acids is 1. The predicted octanol–water partition coefficient (Wildman–Crippen LogP) is 2.40. The molecular formula is C22H46ClN3O3. The number of likely N-dealkylation sites (tertiary alicyclic amines) is 1. The van der Waals surface area contributed by atoms with Gasteiger partial charge in [-0.15, -0.1) is 11.6 Å². The van der Waals surface area contributed by atoms with Crippen molar-refractivity contribution in [3.63, 3.8) is 0 Å². The minimum atomic E-state index is -0.0957. The highest BCUT2D eigenvalue weighted by molar-refractivity contribution is 6.20. The van der Waals surface area contributed by atoms with Crippen molar-refractivity contribution >= 4 is 17.5 Å². The lowest BCUT2D eigenvalue weighted by Gasteiger charge is -2.47. The van der Waals surface area contributed by atoms with E-state index in [1.54, 1.807) is 5.57 Å². The summed E-state index contributed by atoms with van der Waals surface area (Å²) < 4.78 is 0. The van der Waals surface area contributed by atoms with Crippen molar-refractivity contribution in [1.82, 2.24) is 15.5 Å². The molecule has 0 aromatic carbocycles. The predicted molar refractivity (Wildman–Crippen MR) is 125 cm³/mol. The van der Waals surface area contributed by atoms with Gasteiger partial charge in [-0.2, -0.15) is 0 Å². The van der Waals surface area contributed by atoms with Crippen LogP contribution in [-0.4, -0.2) is 66.4 Å². The van der Waals surface area contributed by atoms with E-state index in [2.05, 4.69) is 49.3 Å². The first kappa shape index (κ1) is 30.5. The normalized spacial score (nSPS) is 24.5. The molecule has 0 aromatic heterocycles. The van der Waals surface area contributed by atoms with Crippen molar-refractivity contribution in [2.45, 2.75) is 72.2 Å². The number of rotatable bonds is 7. The Hall–Kier alpha value is -0.660. The molecule has 1 saturated heterocycles. The van der Waals surface area contributed by atoms with Crippen LogP contribution in [0.5, 0.6) is 0 Å². The van der Waals surface area contributed by atoms with Crippen LogP contribution in [0.4, 0.5) is 0 Å². The molecule has 0 radical (unpaired) electrons. The lowest BCUT2D eigenvalue weighted by atomic mass is 9.68. The zero-order valence-corrected chi connectivity index (χ0v) is 19.0. The molecular weight excluding hydrogens is 390 g/mol. The van der Waals surface area contributed by atoms with E-state index in [0.29, 0.717) is 17.2 Å². The molecule has 2 aliphatic rings. The molecule has 1 fully saturated rings. The summed E-state index contributed by atoms with van der Waals surface area (Å²) in [5.74, 6) is 1.13. The van der Waals surface area contributed by atoms with E-state index < -0.39 is 0 Å². The van der Waals surface area contributed by atoms with Crippen molar-refractivity contribution in [3.8, 4) is 0 Å². The van der Waals surface area contributed by atoms with Gasteiger partial charge >= 0.3 is 0 Å². The summed E-state index contributed by atoms with van der Waals surface area (Å²) in [4.78, 5) is 15.3. The zero-order chi connectivity index (χ0) is 19.3. The average molecular weight is 436 g/mol. The number of alkyl halides is 1. The Labute approximate surface area is 183 Å². The van der Waals surface area contributed by atoms with Gasteiger partial charge < -0.3 is 26.5 Å². The summed E-state index contributed by atoms with van der Waals surface area (Å²) >= 11 is 6.26. The minimum absolute atomic E-state index is 0. The SMILES string of the molecule is C.CNCCN[C@@H](C(=O)N1CC[C@H](C2=CCC(Cl)CC2)C(C)(C)C1)C(C)C.O.O. The van der Waals surface area contributed by atoms with Crippen LogP contribution in [0.25, 0.3) is 0 Å². The van der Waals surface area contributed by atoms with Crippen LogP contribution in [0.15, 0.2) is 11.6 Å². The number of allylic oxidation sites excluding steroid dienone is 2. The van der Waals surface area contributed by atoms with Crippen molar-refractivity contribution in [1.29, 1.82) is 0 Å². The Morgan fingerprint density at radius 2 is 1.93 bits per heavy atom. The Morgan fingerprint density at radius 3 is 2.41 bits per heavy atom. The molecule has 2 rings (SSSR count). The smallest absolute Gasteiger partial charge is 0.239 e. The van der Waals surface area contributed by atoms with Crippen molar-refractivity contribution < 1.29 is 15.7 Å². The van der Waals surface area contributed by atoms with Crippen LogP contribution in [0.1, 0.15) is 60.8 Å². The van der Waals surface area contributed by atoms with Gasteiger partial charge in [-0.05, 0) is 50.0 Å². The number of likely N-dealkylation sites (N-methyl/N-ethyl adjacent to an activating group) is 1. The van der Waals surface area contributed by atoms with Gasteiger partial charge in [0.1, 0.15) is 0 Å². The molecule has 1 unspecified atom stereocenters. The fourth-order valence-electron chi connectivity index (χ4n) is 4.53. The van der Waals surface area contributed by atoms with Crippen molar-refractivity contribution in [3.05, 3.63) is 11.6 Å². The molecule has 0 saturated carbocycles. The van der Waals surface area contributed by atoms with E-state index in [0.717, 1.165) is 51.9 Å². The third kappa shape index (κ3) is 8.18. The quantitative estimate of drug-likeness (QED) is 0.364. The van der Waals surface area contributed by atoms with Gasteiger partial charge in [-0.3, -0.25) is 4.79 Å². The molecule has 1 aliphatic carbocycles. The van der Waals surface area contributed by atoms with Crippen LogP contribution in [0.2, 0.25) is 0 Å². The standard InChI is InChI=1S/C21H38ClN3O.CH4.2H2O/c1-15(2)19(24-12-11-23-5)20(26)25-13-10-18(21(3,4)14-25)16-6-8-17(22)9-7-16;;;/h6,15,17-19,23-24H,7-14H2,1-5H3;1H4;2*1H2/t17?,18-,19-;;;/m1.../s1. The van der Waals surface area contributed by atoms with E-state index in [1.807, 2.05) is 7.05 Å². The molecule has 29 heavy (non-hydrogen) atoms. The topological polar surface area (TPSA) is 107 Å². The summed E-state index contributed by atoms with van der Waals surface area (Å²) in [6, 6.07) is -0.0957. The monoisotopic (exact) mass is 435 g/mol. The second kappa shape index (κ2) is 13.6. The lowest BCUT2D eigenvalue weighted by molar-refractivity contribution is -0.138. The molecule has 6 nitrogen and oxygen atoms in total. The number of hydrogen-bond donors (Lipinski definition) is 2. The van der Waals surface area contributed by atoms with Crippen LogP contribution in [0, 0.1) is 17.3 Å². The number of halogens is 1. The van der Waals surface area contributed by atoms with Gasteiger partial charge in [0, 0.05) is 31.6 Å². The van der Waals surface area contributed by atoms with Gasteiger partial charge in [-0.25, -0.2) is 0 Å². The Balaban J connectivity index is 0. The van der Waals surface area contributed by atoms with E-state index in [4.69, 9.17) is 11.6 Å². The van der Waals surface area contributed by atoms with E-state index in [9.17, 15) is 4.79 Å². The molecule has 7 heteroatoms. The number of amides is 1. The maximum atomic E-state index is 13.2. The third-order valence-electron chi connectivity index (χ3n) is 6.04. The molecule has 174 valence electrons. The fourth-order valence-corrected chi connectivity index (χ4v) is 4.73. The van der Waals surface area contributed by atoms with Crippen LogP contribution < -0.4 is 10.6 Å². The van der Waals surface area contributed by atoms with Gasteiger partial charge in [0.25, 0.3) is 0 Å². The second-order valence-corrected chi connectivity index (χ2v) is 9.64. The highest BCUT2D eigenvalue weighted by Gasteiger charge is 2.41. The van der Waals surface area contributed by atoms with Gasteiger partial charge in [0.15, 0.2) is 0 Å². The molecule has 0 bridgehead atoms. The second-order valence-electron chi connectivity index (χ2n) is 9.02. The van der Waals surface area contributed by atoms with Crippen molar-refractivity contribution in [2.24, 2.45) is 17.3 Å². The minimum Gasteiger partial charge on any atom is -0.412 e. The Bertz CT molecular complexity index is 512. The summed E-state index contributed by atoms with van der Waals surface area (Å²) in [7, 11) is 1.94. The summed E-state index contributed by atoms with van der Waals surface area (Å²) in [6.07, 6.45) is 6.65. The molecule has 1 amide bonds. The van der Waals surface area contributed by atoms with Crippen molar-refractivity contribution in [2.75, 3.05) is 33.2 Å². The zero-order valence-electron chi connectivity index (χ0n) is 18.3. The summed E-state index contributed by atoms with van der Waals surface area (Å²) in [5, 5.41) is 6.88. The highest BCUT2D eigenvalue weighted by atomic mass is 35.5. The largest absolute Gasteiger partial charge is 0.412 e. The maximum absolute atomic E-state index is 13.2. The molecule has 1 heterocycles. The number of piperidine rings is 1. The molecule has 3 atom stereocenters. The first-order chi connectivity index (χ1) is 12.3. The molecule has 0 spiro atoms. The highest BCUT2D eigenvalue weighted by Crippen LogP contribution is 2.43. The average Bonchev–Trinajstić information content (AvgIpc) is 2.58. The number of hydrogen-bond acceptors (Lipinski definition) is 3. The van der Waals surface area contributed by atoms with Crippen LogP contribution in [0.3, 0.4) is 0 Å². The van der Waals surface area contributed by atoms with E-state index in [1.165, 1.54) is 0 Å². The van der Waals surface area contributed by atoms with Crippen LogP contribution in [-0.2, 0) is 4.79 Å². The number of nitrogens with one attached hydrogen (secondary N) is 2.